The Morgan fingerprint density at radius 2 is 2.12 bits per heavy atom. The van der Waals surface area contributed by atoms with Crippen LogP contribution in [-0.2, 0) is 14.3 Å². The summed E-state index contributed by atoms with van der Waals surface area (Å²) in [6, 6.07) is 0. The van der Waals surface area contributed by atoms with E-state index >= 15 is 0 Å². The number of methoxy groups -OCH3 is 1. The van der Waals surface area contributed by atoms with Gasteiger partial charge in [0.25, 0.3) is 5.91 Å². The number of aliphatic carboxylic acids is 1. The topological polar surface area (TPSA) is 91.2 Å². The molecule has 7 nitrogen and oxygen atoms in total. The zero-order chi connectivity index (χ0) is 18.8. The van der Waals surface area contributed by atoms with E-state index in [1.807, 2.05) is 11.8 Å². The van der Waals surface area contributed by atoms with Gasteiger partial charge in [0.1, 0.15) is 11.4 Å². The standard InChI is InChI=1S/C13H21N3O2.C2HF3O2/c1-9-15-13(12(17)16(9)5-6-18-2)4-3-10-7-14-8-11(10)13;3-2(4,5)1(6)7/h10-11,14H,3-8H2,1-2H3;(H,6,7)/t10-,11+,13-;/m1./s1. The molecule has 0 aromatic rings. The molecule has 2 fully saturated rings. The summed E-state index contributed by atoms with van der Waals surface area (Å²) in [4.78, 5) is 28.2. The van der Waals surface area contributed by atoms with Crippen LogP contribution in [0, 0.1) is 11.8 Å². The highest BCUT2D eigenvalue weighted by atomic mass is 19.4. The molecule has 1 spiro atoms. The van der Waals surface area contributed by atoms with Crippen molar-refractivity contribution in [1.29, 1.82) is 0 Å². The number of alkyl halides is 3. The van der Waals surface area contributed by atoms with Gasteiger partial charge in [-0.3, -0.25) is 14.7 Å². The lowest BCUT2D eigenvalue weighted by molar-refractivity contribution is -0.192. The zero-order valence-corrected chi connectivity index (χ0v) is 14.1. The molecule has 2 heterocycles. The van der Waals surface area contributed by atoms with Crippen molar-refractivity contribution >= 4 is 17.7 Å². The number of nitrogens with one attached hydrogen (secondary N) is 1. The minimum Gasteiger partial charge on any atom is -0.475 e. The number of rotatable bonds is 3. The predicted octanol–water partition coefficient (Wildman–Crippen LogP) is 0.895. The van der Waals surface area contributed by atoms with Crippen LogP contribution in [0.1, 0.15) is 19.8 Å². The summed E-state index contributed by atoms with van der Waals surface area (Å²) in [6.07, 6.45) is -3.04. The molecule has 0 aromatic carbocycles. The van der Waals surface area contributed by atoms with Crippen molar-refractivity contribution in [2.24, 2.45) is 16.8 Å². The van der Waals surface area contributed by atoms with E-state index in [0.717, 1.165) is 31.8 Å². The number of ether oxygens (including phenoxy) is 1. The van der Waals surface area contributed by atoms with E-state index in [1.165, 1.54) is 0 Å². The molecule has 2 N–H and O–H groups in total. The zero-order valence-electron chi connectivity index (χ0n) is 14.1. The summed E-state index contributed by atoms with van der Waals surface area (Å²) < 4.78 is 36.8. The smallest absolute Gasteiger partial charge is 0.475 e. The molecule has 3 atom stereocenters. The maximum absolute atomic E-state index is 12.7. The van der Waals surface area contributed by atoms with Gasteiger partial charge < -0.3 is 15.2 Å². The fourth-order valence-electron chi connectivity index (χ4n) is 3.81. The van der Waals surface area contributed by atoms with Crippen molar-refractivity contribution in [3.05, 3.63) is 0 Å². The van der Waals surface area contributed by atoms with E-state index < -0.39 is 17.7 Å². The molecule has 1 saturated heterocycles. The van der Waals surface area contributed by atoms with Gasteiger partial charge in [-0.2, -0.15) is 13.2 Å². The van der Waals surface area contributed by atoms with Gasteiger partial charge in [0.05, 0.1) is 13.2 Å². The van der Waals surface area contributed by atoms with E-state index in [0.29, 0.717) is 25.0 Å². The Kier molecular flexibility index (Phi) is 5.72. The van der Waals surface area contributed by atoms with Crippen molar-refractivity contribution in [2.45, 2.75) is 31.5 Å². The Morgan fingerprint density at radius 3 is 2.68 bits per heavy atom. The number of carbonyl (C=O) groups is 2. The molecule has 2 aliphatic heterocycles. The normalized spacial score (nSPS) is 31.0. The number of halogens is 3. The molecule has 3 rings (SSSR count). The van der Waals surface area contributed by atoms with Crippen LogP contribution in [0.4, 0.5) is 13.2 Å². The molecule has 1 aliphatic carbocycles. The molecule has 10 heteroatoms. The van der Waals surface area contributed by atoms with Crippen LogP contribution in [-0.4, -0.2) is 72.8 Å². The van der Waals surface area contributed by atoms with Gasteiger partial charge in [0.15, 0.2) is 0 Å². The summed E-state index contributed by atoms with van der Waals surface area (Å²) in [5, 5.41) is 10.5. The van der Waals surface area contributed by atoms with Crippen LogP contribution in [0.2, 0.25) is 0 Å². The van der Waals surface area contributed by atoms with Gasteiger partial charge in [0.2, 0.25) is 0 Å². The van der Waals surface area contributed by atoms with Crippen molar-refractivity contribution in [1.82, 2.24) is 10.2 Å². The molecule has 25 heavy (non-hydrogen) atoms. The monoisotopic (exact) mass is 365 g/mol. The van der Waals surface area contributed by atoms with Crippen LogP contribution in [0.3, 0.4) is 0 Å². The molecule has 0 unspecified atom stereocenters. The number of carboxylic acids is 1. The van der Waals surface area contributed by atoms with Gasteiger partial charge in [-0.05, 0) is 32.2 Å². The number of amidine groups is 1. The Labute approximate surface area is 143 Å². The number of fused-ring (bicyclic) bond motifs is 2. The number of carboxylic acid groups (broad SMARTS) is 1. The average molecular weight is 365 g/mol. The summed E-state index contributed by atoms with van der Waals surface area (Å²) >= 11 is 0. The van der Waals surface area contributed by atoms with E-state index in [1.54, 1.807) is 7.11 Å². The second-order valence-electron chi connectivity index (χ2n) is 6.40. The SMILES string of the molecule is COCCN1C(=O)[C@]2(CC[C@@H]3CNC[C@@H]32)N=C1C.O=C(O)C(F)(F)F. The molecule has 142 valence electrons. The van der Waals surface area contributed by atoms with Crippen LogP contribution >= 0.6 is 0 Å². The minimum atomic E-state index is -5.08. The highest BCUT2D eigenvalue weighted by Crippen LogP contribution is 2.48. The lowest BCUT2D eigenvalue weighted by atomic mass is 9.85. The number of hydrogen-bond acceptors (Lipinski definition) is 5. The lowest BCUT2D eigenvalue weighted by Gasteiger charge is -2.27. The Balaban J connectivity index is 0.000000277. The number of amides is 1. The van der Waals surface area contributed by atoms with Gasteiger partial charge in [-0.15, -0.1) is 0 Å². The molecular weight excluding hydrogens is 343 g/mol. The number of hydrogen-bond donors (Lipinski definition) is 2. The molecule has 1 saturated carbocycles. The largest absolute Gasteiger partial charge is 0.490 e. The van der Waals surface area contributed by atoms with Crippen molar-refractivity contribution in [3.63, 3.8) is 0 Å². The second-order valence-corrected chi connectivity index (χ2v) is 6.40. The third-order valence-electron chi connectivity index (χ3n) is 4.98. The quantitative estimate of drug-likeness (QED) is 0.775. The minimum absolute atomic E-state index is 0.202. The third kappa shape index (κ3) is 3.79. The number of nitrogens with zero attached hydrogens (tertiary/aromatic N) is 2. The van der Waals surface area contributed by atoms with E-state index in [-0.39, 0.29) is 5.91 Å². The highest BCUT2D eigenvalue weighted by molar-refractivity contribution is 6.07. The third-order valence-corrected chi connectivity index (χ3v) is 4.98. The molecular formula is C15H22F3N3O4. The first-order valence-electron chi connectivity index (χ1n) is 8.01. The predicted molar refractivity (Wildman–Crippen MR) is 82.2 cm³/mol. The Bertz CT molecular complexity index is 567. The summed E-state index contributed by atoms with van der Waals surface area (Å²) in [5.74, 6) is -0.661. The maximum atomic E-state index is 12.7. The summed E-state index contributed by atoms with van der Waals surface area (Å²) in [7, 11) is 1.66. The molecule has 3 aliphatic rings. The fourth-order valence-corrected chi connectivity index (χ4v) is 3.81. The molecule has 0 aromatic heterocycles. The first-order valence-corrected chi connectivity index (χ1v) is 8.01. The van der Waals surface area contributed by atoms with Crippen molar-refractivity contribution in [3.8, 4) is 0 Å². The number of carbonyl (C=O) groups excluding carboxylic acids is 1. The molecule has 1 amide bonds. The average Bonchev–Trinajstić information content (AvgIpc) is 3.16. The Morgan fingerprint density at radius 1 is 1.48 bits per heavy atom. The van der Waals surface area contributed by atoms with Crippen LogP contribution < -0.4 is 5.32 Å². The second kappa shape index (κ2) is 7.28. The maximum Gasteiger partial charge on any atom is 0.490 e. The van der Waals surface area contributed by atoms with E-state index in [2.05, 4.69) is 5.32 Å². The van der Waals surface area contributed by atoms with Gasteiger partial charge in [-0.1, -0.05) is 0 Å². The van der Waals surface area contributed by atoms with E-state index in [9.17, 15) is 18.0 Å². The first-order chi connectivity index (χ1) is 11.6. The Hall–Kier alpha value is -1.68. The number of aliphatic imine (C=N–C) groups is 1. The highest BCUT2D eigenvalue weighted by Gasteiger charge is 2.59. The van der Waals surface area contributed by atoms with Crippen molar-refractivity contribution < 1.29 is 32.6 Å². The first kappa shape index (κ1) is 19.6. The lowest BCUT2D eigenvalue weighted by Crippen LogP contribution is -2.47. The summed E-state index contributed by atoms with van der Waals surface area (Å²) in [6.45, 7) is 5.12. The summed E-state index contributed by atoms with van der Waals surface area (Å²) in [5.41, 5.74) is -0.452. The molecule has 0 bridgehead atoms. The van der Waals surface area contributed by atoms with Gasteiger partial charge in [-0.25, -0.2) is 4.79 Å². The van der Waals surface area contributed by atoms with Crippen LogP contribution in [0.25, 0.3) is 0 Å². The van der Waals surface area contributed by atoms with E-state index in [4.69, 9.17) is 19.6 Å². The van der Waals surface area contributed by atoms with Crippen LogP contribution in [0.5, 0.6) is 0 Å². The van der Waals surface area contributed by atoms with Crippen LogP contribution in [0.15, 0.2) is 4.99 Å². The fraction of sp³-hybridized carbons (Fsp3) is 0.800. The van der Waals surface area contributed by atoms with Gasteiger partial charge in [0, 0.05) is 19.6 Å². The molecule has 0 radical (unpaired) electrons. The van der Waals surface area contributed by atoms with Gasteiger partial charge >= 0.3 is 12.1 Å². The van der Waals surface area contributed by atoms with Crippen molar-refractivity contribution in [2.75, 3.05) is 33.4 Å².